The number of carbonyl (C=O) groups excluding carboxylic acids is 1. The molecule has 1 saturated heterocycles. The van der Waals surface area contributed by atoms with Gasteiger partial charge in [-0.05, 0) is 61.6 Å². The molecule has 26 heavy (non-hydrogen) atoms. The van der Waals surface area contributed by atoms with Crippen molar-refractivity contribution in [1.29, 1.82) is 0 Å². The number of carbonyl (C=O) groups is 1. The number of unbranched alkanes of at least 4 members (excludes halogenated alkanes) is 1. The first kappa shape index (κ1) is 18.6. The van der Waals surface area contributed by atoms with Gasteiger partial charge in [-0.1, -0.05) is 25.5 Å². The van der Waals surface area contributed by atoms with E-state index in [1.165, 1.54) is 18.4 Å². The standard InChI is InChI=1S/C21H26N2O2S/c1-2-3-6-17-7-9-19(10-8-17)22-26(25)20-11-12-21(18(15-20)16-24)23-13-4-5-14-23/h7-12,15-16,22H,2-6,13-14H2,1H3. The molecule has 4 nitrogen and oxygen atoms in total. The lowest BCUT2D eigenvalue weighted by Gasteiger charge is -2.20. The molecule has 0 saturated carbocycles. The summed E-state index contributed by atoms with van der Waals surface area (Å²) in [6, 6.07) is 13.6. The average molecular weight is 371 g/mol. The van der Waals surface area contributed by atoms with Crippen molar-refractivity contribution in [3.8, 4) is 0 Å². The fourth-order valence-corrected chi connectivity index (χ4v) is 4.17. The Morgan fingerprint density at radius 1 is 1.12 bits per heavy atom. The van der Waals surface area contributed by atoms with Crippen molar-refractivity contribution < 1.29 is 9.00 Å². The van der Waals surface area contributed by atoms with Crippen molar-refractivity contribution in [2.75, 3.05) is 22.7 Å². The van der Waals surface area contributed by atoms with Crippen LogP contribution in [0.3, 0.4) is 0 Å². The minimum absolute atomic E-state index is 0.606. The highest BCUT2D eigenvalue weighted by Crippen LogP contribution is 2.26. The summed E-state index contributed by atoms with van der Waals surface area (Å²) in [5, 5.41) is 0. The number of anilines is 2. The SMILES string of the molecule is CCCCc1ccc(NS(=O)c2ccc(N3CCCC3)c(C=O)c2)cc1. The van der Waals surface area contributed by atoms with Crippen molar-refractivity contribution in [2.24, 2.45) is 0 Å². The highest BCUT2D eigenvalue weighted by atomic mass is 32.2. The molecule has 5 heteroatoms. The zero-order chi connectivity index (χ0) is 18.4. The molecule has 1 aliphatic rings. The Labute approximate surface area is 158 Å². The second-order valence-electron chi connectivity index (χ2n) is 6.70. The van der Waals surface area contributed by atoms with Crippen molar-refractivity contribution in [2.45, 2.75) is 43.9 Å². The molecule has 1 aliphatic heterocycles. The molecule has 1 unspecified atom stereocenters. The number of rotatable bonds is 8. The third-order valence-electron chi connectivity index (χ3n) is 4.77. The van der Waals surface area contributed by atoms with E-state index in [2.05, 4.69) is 28.7 Å². The van der Waals surface area contributed by atoms with Crippen molar-refractivity contribution in [3.63, 3.8) is 0 Å². The van der Waals surface area contributed by atoms with Crippen molar-refractivity contribution in [3.05, 3.63) is 53.6 Å². The monoisotopic (exact) mass is 370 g/mol. The summed E-state index contributed by atoms with van der Waals surface area (Å²) in [6.07, 6.45) is 6.59. The van der Waals surface area contributed by atoms with Crippen LogP contribution >= 0.6 is 0 Å². The van der Waals surface area contributed by atoms with Gasteiger partial charge < -0.3 is 9.62 Å². The van der Waals surface area contributed by atoms with Gasteiger partial charge in [-0.2, -0.15) is 0 Å². The van der Waals surface area contributed by atoms with Gasteiger partial charge in [0.1, 0.15) is 11.0 Å². The van der Waals surface area contributed by atoms with Crippen LogP contribution in [0, 0.1) is 0 Å². The Balaban J connectivity index is 1.70. The van der Waals surface area contributed by atoms with E-state index in [-0.39, 0.29) is 0 Å². The van der Waals surface area contributed by atoms with E-state index in [9.17, 15) is 9.00 Å². The minimum atomic E-state index is -1.40. The van der Waals surface area contributed by atoms with E-state index < -0.39 is 11.0 Å². The molecule has 2 aromatic rings. The summed E-state index contributed by atoms with van der Waals surface area (Å²) in [5.41, 5.74) is 3.66. The van der Waals surface area contributed by atoms with Crippen LogP contribution < -0.4 is 9.62 Å². The zero-order valence-corrected chi connectivity index (χ0v) is 16.1. The summed E-state index contributed by atoms with van der Waals surface area (Å²) >= 11 is 0. The van der Waals surface area contributed by atoms with E-state index in [1.807, 2.05) is 24.3 Å². The Hall–Kier alpha value is -2.14. The molecule has 0 aliphatic carbocycles. The first-order chi connectivity index (χ1) is 12.7. The molecule has 1 heterocycles. The van der Waals surface area contributed by atoms with Crippen LogP contribution in [-0.4, -0.2) is 23.6 Å². The maximum absolute atomic E-state index is 12.6. The molecule has 0 amide bonds. The van der Waals surface area contributed by atoms with E-state index in [0.29, 0.717) is 10.5 Å². The Bertz CT molecular complexity index is 768. The number of nitrogens with zero attached hydrogens (tertiary/aromatic N) is 1. The molecular formula is C21H26N2O2S. The minimum Gasteiger partial charge on any atom is -0.371 e. The van der Waals surface area contributed by atoms with Gasteiger partial charge in [0, 0.05) is 30.0 Å². The Morgan fingerprint density at radius 3 is 2.50 bits per heavy atom. The number of benzene rings is 2. The number of hydrogen-bond acceptors (Lipinski definition) is 3. The highest BCUT2D eigenvalue weighted by Gasteiger charge is 2.17. The molecule has 1 fully saturated rings. The molecule has 0 spiro atoms. The molecule has 3 rings (SSSR count). The predicted octanol–water partition coefficient (Wildman–Crippen LogP) is 4.58. The third kappa shape index (κ3) is 4.52. The lowest BCUT2D eigenvalue weighted by Crippen LogP contribution is -2.19. The molecule has 138 valence electrons. The van der Waals surface area contributed by atoms with E-state index in [1.54, 1.807) is 6.07 Å². The predicted molar refractivity (Wildman–Crippen MR) is 108 cm³/mol. The largest absolute Gasteiger partial charge is 0.371 e. The summed E-state index contributed by atoms with van der Waals surface area (Å²) < 4.78 is 15.7. The van der Waals surface area contributed by atoms with Gasteiger partial charge in [0.25, 0.3) is 0 Å². The van der Waals surface area contributed by atoms with E-state index >= 15 is 0 Å². The topological polar surface area (TPSA) is 49.4 Å². The van der Waals surface area contributed by atoms with Crippen LogP contribution in [0.25, 0.3) is 0 Å². The average Bonchev–Trinajstić information content (AvgIpc) is 3.21. The van der Waals surface area contributed by atoms with Gasteiger partial charge in [-0.25, -0.2) is 4.21 Å². The van der Waals surface area contributed by atoms with Gasteiger partial charge in [0.2, 0.25) is 0 Å². The molecule has 1 atom stereocenters. The molecular weight excluding hydrogens is 344 g/mol. The fraction of sp³-hybridized carbons (Fsp3) is 0.381. The summed E-state index contributed by atoms with van der Waals surface area (Å²) in [4.78, 5) is 14.3. The maximum Gasteiger partial charge on any atom is 0.152 e. The van der Waals surface area contributed by atoms with Crippen LogP contribution in [0.2, 0.25) is 0 Å². The molecule has 0 bridgehead atoms. The van der Waals surface area contributed by atoms with Crippen LogP contribution in [-0.2, 0) is 17.4 Å². The highest BCUT2D eigenvalue weighted by molar-refractivity contribution is 7.86. The number of nitrogens with one attached hydrogen (secondary N) is 1. The number of hydrogen-bond donors (Lipinski definition) is 1. The van der Waals surface area contributed by atoms with E-state index in [0.717, 1.165) is 50.0 Å². The Kier molecular flexibility index (Phi) is 6.45. The van der Waals surface area contributed by atoms with Crippen molar-refractivity contribution in [1.82, 2.24) is 0 Å². The number of aldehydes is 1. The van der Waals surface area contributed by atoms with Crippen LogP contribution in [0.5, 0.6) is 0 Å². The summed E-state index contributed by atoms with van der Waals surface area (Å²) in [5.74, 6) is 0. The zero-order valence-electron chi connectivity index (χ0n) is 15.2. The van der Waals surface area contributed by atoms with Gasteiger partial charge in [0.05, 0.1) is 4.90 Å². The summed E-state index contributed by atoms with van der Waals surface area (Å²) in [6.45, 7) is 4.14. The fourth-order valence-electron chi connectivity index (χ4n) is 3.27. The second-order valence-corrected chi connectivity index (χ2v) is 7.92. The lowest BCUT2D eigenvalue weighted by molar-refractivity contribution is 0.112. The smallest absolute Gasteiger partial charge is 0.152 e. The summed E-state index contributed by atoms with van der Waals surface area (Å²) in [7, 11) is -1.40. The van der Waals surface area contributed by atoms with Gasteiger partial charge in [-0.3, -0.25) is 4.79 Å². The normalized spacial score (nSPS) is 15.0. The van der Waals surface area contributed by atoms with Gasteiger partial charge in [-0.15, -0.1) is 0 Å². The van der Waals surface area contributed by atoms with E-state index in [4.69, 9.17) is 0 Å². The maximum atomic E-state index is 12.6. The van der Waals surface area contributed by atoms with Gasteiger partial charge in [0.15, 0.2) is 6.29 Å². The van der Waals surface area contributed by atoms with Crippen molar-refractivity contribution >= 4 is 28.6 Å². The van der Waals surface area contributed by atoms with Crippen LogP contribution in [0.4, 0.5) is 11.4 Å². The molecule has 2 aromatic carbocycles. The first-order valence-electron chi connectivity index (χ1n) is 9.33. The van der Waals surface area contributed by atoms with Crippen LogP contribution in [0.1, 0.15) is 48.5 Å². The first-order valence-corrected chi connectivity index (χ1v) is 10.5. The Morgan fingerprint density at radius 2 is 1.85 bits per heavy atom. The lowest BCUT2D eigenvalue weighted by atomic mass is 10.1. The third-order valence-corrected chi connectivity index (χ3v) is 5.87. The quantitative estimate of drug-likeness (QED) is 0.692. The van der Waals surface area contributed by atoms with Gasteiger partial charge >= 0.3 is 0 Å². The van der Waals surface area contributed by atoms with Crippen LogP contribution in [0.15, 0.2) is 47.4 Å². The second kappa shape index (κ2) is 8.99. The number of aryl methyl sites for hydroxylation is 1. The molecule has 0 radical (unpaired) electrons. The molecule has 1 N–H and O–H groups in total. The molecule has 0 aromatic heterocycles.